The third-order valence-electron chi connectivity index (χ3n) is 3.70. The van der Waals surface area contributed by atoms with Crippen molar-refractivity contribution < 1.29 is 9.59 Å². The number of hydrogen-bond acceptors (Lipinski definition) is 2. The van der Waals surface area contributed by atoms with Crippen LogP contribution in [0.15, 0.2) is 72.9 Å². The minimum Gasteiger partial charge on any atom is -0.339 e. The van der Waals surface area contributed by atoms with Crippen molar-refractivity contribution in [3.8, 4) is 0 Å². The van der Waals surface area contributed by atoms with Crippen LogP contribution in [-0.2, 0) is 11.3 Å². The van der Waals surface area contributed by atoms with Crippen LogP contribution in [-0.4, -0.2) is 16.4 Å². The van der Waals surface area contributed by atoms with E-state index in [1.165, 1.54) is 6.92 Å². The fourth-order valence-corrected chi connectivity index (χ4v) is 2.61. The van der Waals surface area contributed by atoms with E-state index < -0.39 is 0 Å². The molecule has 3 rings (SSSR count). The van der Waals surface area contributed by atoms with Gasteiger partial charge in [-0.2, -0.15) is 0 Å². The van der Waals surface area contributed by atoms with Crippen molar-refractivity contribution in [1.82, 2.24) is 4.57 Å². The molecule has 0 radical (unpaired) electrons. The molecule has 1 aromatic heterocycles. The van der Waals surface area contributed by atoms with Gasteiger partial charge in [0.1, 0.15) is 5.69 Å². The van der Waals surface area contributed by atoms with Crippen molar-refractivity contribution in [2.45, 2.75) is 13.5 Å². The highest BCUT2D eigenvalue weighted by Crippen LogP contribution is 2.17. The average molecular weight is 333 g/mol. The Morgan fingerprint density at radius 2 is 1.60 bits per heavy atom. The molecule has 1 heterocycles. The number of amides is 2. The number of hydrogen-bond donors (Lipinski definition) is 2. The SMILES string of the molecule is CC(=O)Nc1cccc(NC(=O)c2cccn2Cc2ccccc2)c1. The molecule has 0 fully saturated rings. The summed E-state index contributed by atoms with van der Waals surface area (Å²) in [6.45, 7) is 2.07. The summed E-state index contributed by atoms with van der Waals surface area (Å²) in [4.78, 5) is 23.8. The fraction of sp³-hybridized carbons (Fsp3) is 0.100. The Morgan fingerprint density at radius 1 is 0.880 bits per heavy atom. The molecule has 0 bridgehead atoms. The third-order valence-corrected chi connectivity index (χ3v) is 3.70. The first kappa shape index (κ1) is 16.5. The number of anilines is 2. The lowest BCUT2D eigenvalue weighted by atomic mass is 10.2. The maximum atomic E-state index is 12.6. The van der Waals surface area contributed by atoms with Gasteiger partial charge >= 0.3 is 0 Å². The summed E-state index contributed by atoms with van der Waals surface area (Å²) in [5, 5.41) is 5.57. The van der Waals surface area contributed by atoms with Crippen molar-refractivity contribution in [2.75, 3.05) is 10.6 Å². The number of nitrogens with zero attached hydrogens (tertiary/aromatic N) is 1. The molecule has 0 aliphatic carbocycles. The first-order chi connectivity index (χ1) is 12.1. The van der Waals surface area contributed by atoms with Crippen molar-refractivity contribution in [3.63, 3.8) is 0 Å². The summed E-state index contributed by atoms with van der Waals surface area (Å²) >= 11 is 0. The largest absolute Gasteiger partial charge is 0.339 e. The van der Waals surface area contributed by atoms with Gasteiger partial charge in [-0.05, 0) is 35.9 Å². The molecule has 2 aromatic carbocycles. The van der Waals surface area contributed by atoms with E-state index in [2.05, 4.69) is 10.6 Å². The summed E-state index contributed by atoms with van der Waals surface area (Å²) in [5.41, 5.74) is 2.97. The van der Waals surface area contributed by atoms with Crippen LogP contribution in [0.4, 0.5) is 11.4 Å². The number of benzene rings is 2. The standard InChI is InChI=1S/C20H19N3O2/c1-15(24)21-17-9-5-10-18(13-17)22-20(25)19-11-6-12-23(19)14-16-7-3-2-4-8-16/h2-13H,14H2,1H3,(H,21,24)(H,22,25). The van der Waals surface area contributed by atoms with Crippen molar-refractivity contribution in [1.29, 1.82) is 0 Å². The van der Waals surface area contributed by atoms with Crippen LogP contribution in [0.3, 0.4) is 0 Å². The highest BCUT2D eigenvalue weighted by molar-refractivity contribution is 6.03. The Bertz CT molecular complexity index is 885. The van der Waals surface area contributed by atoms with Gasteiger partial charge in [-0.1, -0.05) is 36.4 Å². The molecule has 0 saturated carbocycles. The molecule has 3 aromatic rings. The third kappa shape index (κ3) is 4.35. The van der Waals surface area contributed by atoms with Gasteiger partial charge < -0.3 is 15.2 Å². The minimum atomic E-state index is -0.194. The summed E-state index contributed by atoms with van der Waals surface area (Å²) in [6.07, 6.45) is 1.88. The Kier molecular flexibility index (Phi) is 4.95. The Labute approximate surface area is 146 Å². The zero-order chi connectivity index (χ0) is 17.6. The lowest BCUT2D eigenvalue weighted by Gasteiger charge is -2.11. The second-order valence-electron chi connectivity index (χ2n) is 5.72. The summed E-state index contributed by atoms with van der Waals surface area (Å²) < 4.78 is 1.91. The summed E-state index contributed by atoms with van der Waals surface area (Å²) in [5.74, 6) is -0.346. The van der Waals surface area contributed by atoms with Gasteiger partial charge in [-0.3, -0.25) is 9.59 Å². The normalized spacial score (nSPS) is 10.3. The monoisotopic (exact) mass is 333 g/mol. The van der Waals surface area contributed by atoms with Crippen LogP contribution in [0.1, 0.15) is 23.0 Å². The molecular weight excluding hydrogens is 314 g/mol. The van der Waals surface area contributed by atoms with E-state index in [1.807, 2.05) is 47.2 Å². The van der Waals surface area contributed by atoms with Crippen LogP contribution in [0.5, 0.6) is 0 Å². The first-order valence-electron chi connectivity index (χ1n) is 8.00. The molecule has 2 N–H and O–H groups in total. The predicted octanol–water partition coefficient (Wildman–Crippen LogP) is 3.75. The van der Waals surface area contributed by atoms with Crippen LogP contribution in [0, 0.1) is 0 Å². The number of nitrogens with one attached hydrogen (secondary N) is 2. The molecule has 5 nitrogen and oxygen atoms in total. The number of aromatic nitrogens is 1. The summed E-state index contributed by atoms with van der Waals surface area (Å²) in [6, 6.07) is 20.7. The topological polar surface area (TPSA) is 63.1 Å². The van der Waals surface area contributed by atoms with Crippen molar-refractivity contribution in [2.24, 2.45) is 0 Å². The summed E-state index contributed by atoms with van der Waals surface area (Å²) in [7, 11) is 0. The van der Waals surface area contributed by atoms with Crippen LogP contribution in [0.2, 0.25) is 0 Å². The van der Waals surface area contributed by atoms with Gasteiger partial charge in [0.05, 0.1) is 0 Å². The predicted molar refractivity (Wildman–Crippen MR) is 98.7 cm³/mol. The average Bonchev–Trinajstić information content (AvgIpc) is 3.04. The smallest absolute Gasteiger partial charge is 0.272 e. The van der Waals surface area contributed by atoms with Gasteiger partial charge in [-0.15, -0.1) is 0 Å². The maximum absolute atomic E-state index is 12.6. The van der Waals surface area contributed by atoms with E-state index in [4.69, 9.17) is 0 Å². The molecule has 25 heavy (non-hydrogen) atoms. The molecule has 5 heteroatoms. The lowest BCUT2D eigenvalue weighted by molar-refractivity contribution is -0.114. The fourth-order valence-electron chi connectivity index (χ4n) is 2.61. The number of carbonyl (C=O) groups is 2. The molecule has 126 valence electrons. The van der Waals surface area contributed by atoms with E-state index in [0.717, 1.165) is 5.56 Å². The minimum absolute atomic E-state index is 0.153. The maximum Gasteiger partial charge on any atom is 0.272 e. The van der Waals surface area contributed by atoms with Crippen molar-refractivity contribution >= 4 is 23.2 Å². The Balaban J connectivity index is 1.74. The van der Waals surface area contributed by atoms with Crippen LogP contribution < -0.4 is 10.6 Å². The van der Waals surface area contributed by atoms with Crippen LogP contribution >= 0.6 is 0 Å². The van der Waals surface area contributed by atoms with E-state index in [1.54, 1.807) is 30.3 Å². The molecule has 0 unspecified atom stereocenters. The second-order valence-corrected chi connectivity index (χ2v) is 5.72. The molecule has 2 amide bonds. The van der Waals surface area contributed by atoms with E-state index in [0.29, 0.717) is 23.6 Å². The van der Waals surface area contributed by atoms with Gasteiger partial charge in [0.15, 0.2) is 0 Å². The second kappa shape index (κ2) is 7.49. The van der Waals surface area contributed by atoms with Gasteiger partial charge in [0.25, 0.3) is 5.91 Å². The Morgan fingerprint density at radius 3 is 2.32 bits per heavy atom. The zero-order valence-electron chi connectivity index (χ0n) is 13.9. The quantitative estimate of drug-likeness (QED) is 0.747. The van der Waals surface area contributed by atoms with E-state index in [9.17, 15) is 9.59 Å². The molecule has 0 atom stereocenters. The van der Waals surface area contributed by atoms with E-state index in [-0.39, 0.29) is 11.8 Å². The molecule has 0 aliphatic rings. The highest BCUT2D eigenvalue weighted by Gasteiger charge is 2.11. The zero-order valence-corrected chi connectivity index (χ0v) is 13.9. The van der Waals surface area contributed by atoms with Gasteiger partial charge in [0, 0.05) is 31.0 Å². The molecule has 0 saturated heterocycles. The molecular formula is C20H19N3O2. The van der Waals surface area contributed by atoms with E-state index >= 15 is 0 Å². The first-order valence-corrected chi connectivity index (χ1v) is 8.00. The number of rotatable bonds is 5. The van der Waals surface area contributed by atoms with Gasteiger partial charge in [-0.25, -0.2) is 0 Å². The Hall–Kier alpha value is -3.34. The van der Waals surface area contributed by atoms with Gasteiger partial charge in [0.2, 0.25) is 5.91 Å². The molecule has 0 spiro atoms. The highest BCUT2D eigenvalue weighted by atomic mass is 16.2. The number of carbonyl (C=O) groups excluding carboxylic acids is 2. The van der Waals surface area contributed by atoms with Crippen LogP contribution in [0.25, 0.3) is 0 Å². The van der Waals surface area contributed by atoms with Crippen molar-refractivity contribution in [3.05, 3.63) is 84.2 Å². The molecule has 0 aliphatic heterocycles. The lowest BCUT2D eigenvalue weighted by Crippen LogP contribution is -2.17.